The number of hydrogen-bond donors (Lipinski definition) is 0. The molecule has 0 saturated carbocycles. The molecule has 0 spiro atoms. The van der Waals surface area contributed by atoms with Gasteiger partial charge >= 0.3 is 0 Å². The Kier molecular flexibility index (Phi) is 6.49. The van der Waals surface area contributed by atoms with Gasteiger partial charge in [0, 0.05) is 26.4 Å². The van der Waals surface area contributed by atoms with Crippen LogP contribution in [-0.4, -0.2) is 26.4 Å². The Morgan fingerprint density at radius 3 is 1.75 bits per heavy atom. The van der Waals surface area contributed by atoms with Crippen molar-refractivity contribution in [3.8, 4) is 0 Å². The van der Waals surface area contributed by atoms with Crippen LogP contribution in [0.4, 0.5) is 0 Å². The van der Waals surface area contributed by atoms with E-state index in [0.717, 1.165) is 0 Å². The first-order chi connectivity index (χ1) is 5.49. The molecule has 0 bridgehead atoms. The van der Waals surface area contributed by atoms with Crippen molar-refractivity contribution in [3.63, 3.8) is 0 Å². The van der Waals surface area contributed by atoms with Crippen LogP contribution in [0, 0.1) is 0 Å². The summed E-state index contributed by atoms with van der Waals surface area (Å²) in [5.41, 5.74) is 0. The molecule has 0 nitrogen and oxygen atoms in total. The second kappa shape index (κ2) is 6.16. The van der Waals surface area contributed by atoms with Gasteiger partial charge in [-0.2, -0.15) is 0 Å². The highest BCUT2D eigenvalue weighted by Crippen LogP contribution is 2.24. The van der Waals surface area contributed by atoms with Gasteiger partial charge < -0.3 is 0 Å². The second-order valence-electron chi connectivity index (χ2n) is 4.92. The third-order valence-corrected chi connectivity index (χ3v) is 14.8. The molecule has 0 amide bonds. The lowest BCUT2D eigenvalue weighted by Gasteiger charge is -2.26. The Morgan fingerprint density at radius 2 is 1.50 bits per heavy atom. The minimum absolute atomic E-state index is 0.285. The molecule has 0 fully saturated rings. The Labute approximate surface area is 83.6 Å². The molecule has 0 rings (SSSR count). The van der Waals surface area contributed by atoms with E-state index in [9.17, 15) is 0 Å². The summed E-state index contributed by atoms with van der Waals surface area (Å²) in [6.45, 7) is 15.1. The van der Waals surface area contributed by atoms with Gasteiger partial charge in [0.25, 0.3) is 0 Å². The molecule has 0 aromatic heterocycles. The molecule has 0 saturated heterocycles. The summed E-state index contributed by atoms with van der Waals surface area (Å²) >= 11 is 0. The highest BCUT2D eigenvalue weighted by molar-refractivity contribution is 6.80. The minimum atomic E-state index is -0.321. The van der Waals surface area contributed by atoms with Crippen LogP contribution in [-0.2, 0) is 0 Å². The maximum absolute atomic E-state index is 2.59. The molecule has 3 heteroatoms. The van der Waals surface area contributed by atoms with E-state index in [1.807, 2.05) is 0 Å². The normalized spacial score (nSPS) is 17.0. The van der Waals surface area contributed by atoms with Crippen molar-refractivity contribution < 1.29 is 0 Å². The quantitative estimate of drug-likeness (QED) is 0.623. The third-order valence-electron chi connectivity index (χ3n) is 2.97. The van der Waals surface area contributed by atoms with Crippen LogP contribution in [0.5, 0.6) is 0 Å². The van der Waals surface area contributed by atoms with E-state index < -0.39 is 0 Å². The molecule has 0 aromatic rings. The summed E-state index contributed by atoms with van der Waals surface area (Å²) in [6, 6.07) is 3.18. The summed E-state index contributed by atoms with van der Waals surface area (Å²) in [4.78, 5) is 0. The fourth-order valence-corrected chi connectivity index (χ4v) is 17.1. The van der Waals surface area contributed by atoms with Gasteiger partial charge in [-0.15, -0.1) is 0 Å². The highest BCUT2D eigenvalue weighted by atomic mass is 28.3. The molecule has 12 heavy (non-hydrogen) atoms. The van der Waals surface area contributed by atoms with E-state index >= 15 is 0 Å². The summed E-state index contributed by atoms with van der Waals surface area (Å²) in [5, 5.41) is 1.27. The zero-order valence-electron chi connectivity index (χ0n) is 9.72. The van der Waals surface area contributed by atoms with E-state index in [0.29, 0.717) is 0 Å². The molecule has 2 unspecified atom stereocenters. The number of rotatable bonds is 5. The monoisotopic (exact) mass is 218 g/mol. The Morgan fingerprint density at radius 1 is 1.00 bits per heavy atom. The fraction of sp³-hybridized carbons (Fsp3) is 1.00. The topological polar surface area (TPSA) is 0 Å². The van der Waals surface area contributed by atoms with E-state index in [-0.39, 0.29) is 26.4 Å². The molecule has 0 aliphatic rings. The smallest absolute Gasteiger partial charge is 0.0333 e. The highest BCUT2D eigenvalue weighted by Gasteiger charge is 2.22. The summed E-state index contributed by atoms with van der Waals surface area (Å²) in [6.07, 6.45) is 0. The predicted molar refractivity (Wildman–Crippen MR) is 69.8 cm³/mol. The second-order valence-corrected chi connectivity index (χ2v) is 15.9. The average Bonchev–Trinajstić information content (AvgIpc) is 1.98. The maximum Gasteiger partial charge on any atom is 0.0333 e. The maximum atomic E-state index is 2.59. The average molecular weight is 219 g/mol. The van der Waals surface area contributed by atoms with Crippen LogP contribution in [0.1, 0.15) is 6.92 Å². The fourth-order valence-electron chi connectivity index (χ4n) is 2.01. The van der Waals surface area contributed by atoms with Gasteiger partial charge in [0.15, 0.2) is 0 Å². The Balaban J connectivity index is 4.03. The Bertz CT molecular complexity index is 112. The van der Waals surface area contributed by atoms with Crippen molar-refractivity contribution in [1.82, 2.24) is 0 Å². The molecule has 0 N–H and O–H groups in total. The first kappa shape index (κ1) is 12.7. The van der Waals surface area contributed by atoms with Crippen LogP contribution in [0.3, 0.4) is 0 Å². The van der Waals surface area contributed by atoms with Gasteiger partial charge in [-0.25, -0.2) is 0 Å². The zero-order valence-corrected chi connectivity index (χ0v) is 13.2. The zero-order chi connectivity index (χ0) is 9.72. The molecular formula is C9H26Si3. The largest absolute Gasteiger partial charge is 0.0722 e. The van der Waals surface area contributed by atoms with Crippen molar-refractivity contribution in [2.75, 3.05) is 0 Å². The van der Waals surface area contributed by atoms with Gasteiger partial charge in [-0.3, -0.25) is 0 Å². The summed E-state index contributed by atoms with van der Waals surface area (Å²) in [5.74, 6) is 0. The lowest BCUT2D eigenvalue weighted by Crippen LogP contribution is -2.29. The molecule has 74 valence electrons. The van der Waals surface area contributed by atoms with Crippen molar-refractivity contribution in [1.29, 1.82) is 0 Å². The summed E-state index contributed by atoms with van der Waals surface area (Å²) < 4.78 is 0. The summed E-state index contributed by atoms with van der Waals surface area (Å²) in [7, 11) is -0.920. The molecule has 0 aliphatic heterocycles. The van der Waals surface area contributed by atoms with E-state index in [4.69, 9.17) is 0 Å². The molecule has 0 aliphatic carbocycles. The van der Waals surface area contributed by atoms with Crippen LogP contribution in [0.2, 0.25) is 50.0 Å². The lowest BCUT2D eigenvalue weighted by atomic mass is 10.9. The lowest BCUT2D eigenvalue weighted by molar-refractivity contribution is 1.18. The third kappa shape index (κ3) is 4.62. The number of hydrogen-bond acceptors (Lipinski definition) is 0. The van der Waals surface area contributed by atoms with Crippen LogP contribution >= 0.6 is 0 Å². The van der Waals surface area contributed by atoms with Gasteiger partial charge in [0.2, 0.25) is 0 Å². The first-order valence-electron chi connectivity index (χ1n) is 5.49. The van der Waals surface area contributed by atoms with Gasteiger partial charge in [-0.05, 0) is 0 Å². The van der Waals surface area contributed by atoms with Crippen LogP contribution in [0.25, 0.3) is 0 Å². The van der Waals surface area contributed by atoms with Crippen LogP contribution in [0.15, 0.2) is 0 Å². The standard InChI is InChI=1S/C9H26Si3/c1-7-12(6)9(11(4)5)8-10(2)3/h9-12H,7-8H2,1-6H3. The van der Waals surface area contributed by atoms with Crippen molar-refractivity contribution >= 4 is 26.4 Å². The SMILES string of the molecule is CC[SiH](C)C(C[SiH](C)C)[SiH](C)C. The molecular weight excluding hydrogens is 192 g/mol. The molecule has 2 atom stereocenters. The van der Waals surface area contributed by atoms with Gasteiger partial charge in [0.05, 0.1) is 0 Å². The predicted octanol–water partition coefficient (Wildman–Crippen LogP) is 2.75. The first-order valence-corrected chi connectivity index (χ1v) is 14.2. The molecule has 0 heterocycles. The Hall–Kier alpha value is 0.651. The van der Waals surface area contributed by atoms with Gasteiger partial charge in [0.1, 0.15) is 0 Å². The van der Waals surface area contributed by atoms with Gasteiger partial charge in [-0.1, -0.05) is 56.9 Å². The van der Waals surface area contributed by atoms with Crippen molar-refractivity contribution in [3.05, 3.63) is 0 Å². The minimum Gasteiger partial charge on any atom is -0.0722 e. The van der Waals surface area contributed by atoms with Crippen molar-refractivity contribution in [2.24, 2.45) is 0 Å². The van der Waals surface area contributed by atoms with E-state index in [2.05, 4.69) is 39.7 Å². The molecule has 0 radical (unpaired) electrons. The van der Waals surface area contributed by atoms with Crippen molar-refractivity contribution in [2.45, 2.75) is 56.9 Å². The van der Waals surface area contributed by atoms with E-state index in [1.165, 1.54) is 11.2 Å². The molecule has 0 aromatic carbocycles. The van der Waals surface area contributed by atoms with Crippen LogP contribution < -0.4 is 0 Å². The van der Waals surface area contributed by atoms with E-state index in [1.54, 1.807) is 6.04 Å².